The smallest absolute Gasteiger partial charge is 0.253 e. The zero-order valence-electron chi connectivity index (χ0n) is 9.93. The Morgan fingerprint density at radius 2 is 2.28 bits per heavy atom. The standard InChI is InChI=1S/C12H13FN2O2S/c1-9-8-12(16)15(14-9)10-4-2-3-5-11(10)17-6-7-18-13/h2-5H,6-8H2,1H3. The number of hydrogen-bond acceptors (Lipinski definition) is 4. The molecule has 0 unspecified atom stereocenters. The van der Waals surface area contributed by atoms with Crippen molar-refractivity contribution in [3.05, 3.63) is 24.3 Å². The van der Waals surface area contributed by atoms with Gasteiger partial charge in [-0.25, -0.2) is 0 Å². The number of carbonyl (C=O) groups excluding carboxylic acids is 1. The lowest BCUT2D eigenvalue weighted by Crippen LogP contribution is -2.20. The molecule has 1 heterocycles. The molecule has 0 radical (unpaired) electrons. The topological polar surface area (TPSA) is 41.9 Å². The lowest BCUT2D eigenvalue weighted by Gasteiger charge is -2.16. The molecule has 4 nitrogen and oxygen atoms in total. The Morgan fingerprint density at radius 3 is 2.94 bits per heavy atom. The molecule has 1 aliphatic rings. The second-order valence-corrected chi connectivity index (χ2v) is 4.47. The minimum atomic E-state index is -0.0802. The number of carbonyl (C=O) groups is 1. The molecule has 0 saturated heterocycles. The molecule has 1 aliphatic heterocycles. The van der Waals surface area contributed by atoms with E-state index in [9.17, 15) is 8.68 Å². The maximum absolute atomic E-state index is 12.0. The minimum Gasteiger partial charge on any atom is -0.490 e. The van der Waals surface area contributed by atoms with E-state index in [-0.39, 0.29) is 30.4 Å². The van der Waals surface area contributed by atoms with Crippen LogP contribution in [0.1, 0.15) is 13.3 Å². The van der Waals surface area contributed by atoms with Gasteiger partial charge in [0.2, 0.25) is 0 Å². The van der Waals surface area contributed by atoms with E-state index in [2.05, 4.69) is 5.10 Å². The fraction of sp³-hybridized carbons (Fsp3) is 0.333. The fourth-order valence-electron chi connectivity index (χ4n) is 1.68. The predicted octanol–water partition coefficient (Wildman–Crippen LogP) is 2.80. The Hall–Kier alpha value is -1.56. The summed E-state index contributed by atoms with van der Waals surface area (Å²) < 4.78 is 17.4. The van der Waals surface area contributed by atoms with Crippen LogP contribution in [0, 0.1) is 0 Å². The fourth-order valence-corrected chi connectivity index (χ4v) is 1.83. The van der Waals surface area contributed by atoms with Crippen molar-refractivity contribution in [1.82, 2.24) is 0 Å². The summed E-state index contributed by atoms with van der Waals surface area (Å²) >= 11 is 0.227. The third kappa shape index (κ3) is 2.81. The van der Waals surface area contributed by atoms with E-state index in [0.717, 1.165) is 5.71 Å². The molecule has 0 spiro atoms. The summed E-state index contributed by atoms with van der Waals surface area (Å²) in [5.74, 6) is 0.715. The molecular weight excluding hydrogens is 255 g/mol. The van der Waals surface area contributed by atoms with Crippen molar-refractivity contribution in [2.75, 3.05) is 17.4 Å². The summed E-state index contributed by atoms with van der Waals surface area (Å²) in [7, 11) is 0. The lowest BCUT2D eigenvalue weighted by atomic mass is 10.2. The Morgan fingerprint density at radius 1 is 1.50 bits per heavy atom. The molecule has 1 aromatic rings. The number of anilines is 1. The number of ether oxygens (including phenoxy) is 1. The van der Waals surface area contributed by atoms with Gasteiger partial charge in [-0.3, -0.25) is 4.79 Å². The Labute approximate surface area is 109 Å². The Balaban J connectivity index is 2.19. The number of hydrazone groups is 1. The van der Waals surface area contributed by atoms with Crippen LogP contribution in [-0.4, -0.2) is 24.0 Å². The van der Waals surface area contributed by atoms with Gasteiger partial charge in [0.1, 0.15) is 11.4 Å². The average molecular weight is 268 g/mol. The number of amides is 1. The molecule has 0 saturated carbocycles. The maximum atomic E-state index is 12.0. The largest absolute Gasteiger partial charge is 0.490 e. The highest BCUT2D eigenvalue weighted by Gasteiger charge is 2.25. The highest BCUT2D eigenvalue weighted by atomic mass is 32.2. The average Bonchev–Trinajstić information content (AvgIpc) is 2.69. The lowest BCUT2D eigenvalue weighted by molar-refractivity contribution is -0.116. The second kappa shape index (κ2) is 5.86. The molecule has 0 N–H and O–H groups in total. The number of halogens is 1. The van der Waals surface area contributed by atoms with Gasteiger partial charge in [0.05, 0.1) is 18.8 Å². The van der Waals surface area contributed by atoms with Gasteiger partial charge in [-0.15, -0.1) is 0 Å². The van der Waals surface area contributed by atoms with E-state index in [1.165, 1.54) is 5.01 Å². The number of rotatable bonds is 5. The summed E-state index contributed by atoms with van der Waals surface area (Å²) in [6.07, 6.45) is 0.328. The van der Waals surface area contributed by atoms with Crippen LogP contribution in [-0.2, 0) is 4.79 Å². The summed E-state index contributed by atoms with van der Waals surface area (Å²) in [5, 5.41) is 5.51. The Bertz CT molecular complexity index is 479. The molecule has 0 bridgehead atoms. The summed E-state index contributed by atoms with van der Waals surface area (Å²) in [5.41, 5.74) is 1.37. The molecule has 1 amide bonds. The molecule has 0 atom stereocenters. The van der Waals surface area contributed by atoms with E-state index in [1.54, 1.807) is 25.1 Å². The van der Waals surface area contributed by atoms with Gasteiger partial charge in [0.25, 0.3) is 5.91 Å². The van der Waals surface area contributed by atoms with Crippen LogP contribution in [0.4, 0.5) is 9.57 Å². The van der Waals surface area contributed by atoms with E-state index in [4.69, 9.17) is 4.74 Å². The van der Waals surface area contributed by atoms with Gasteiger partial charge in [0, 0.05) is 17.9 Å². The van der Waals surface area contributed by atoms with Crippen molar-refractivity contribution in [2.45, 2.75) is 13.3 Å². The van der Waals surface area contributed by atoms with Crippen LogP contribution in [0.25, 0.3) is 0 Å². The van der Waals surface area contributed by atoms with Gasteiger partial charge in [-0.05, 0) is 19.1 Å². The maximum Gasteiger partial charge on any atom is 0.253 e. The first-order chi connectivity index (χ1) is 8.72. The molecule has 1 aromatic carbocycles. The monoisotopic (exact) mass is 268 g/mol. The number of hydrogen-bond donors (Lipinski definition) is 0. The molecule has 2 rings (SSSR count). The van der Waals surface area contributed by atoms with Gasteiger partial charge < -0.3 is 4.74 Å². The second-order valence-electron chi connectivity index (χ2n) is 3.85. The molecule has 0 aliphatic carbocycles. The summed E-state index contributed by atoms with van der Waals surface area (Å²) in [4.78, 5) is 11.8. The molecule has 0 aromatic heterocycles. The first kappa shape index (κ1) is 12.9. The van der Waals surface area contributed by atoms with Crippen molar-refractivity contribution in [3.63, 3.8) is 0 Å². The first-order valence-electron chi connectivity index (χ1n) is 5.55. The van der Waals surface area contributed by atoms with Crippen molar-refractivity contribution >= 4 is 29.5 Å². The molecule has 96 valence electrons. The molecule has 0 fully saturated rings. The zero-order valence-corrected chi connectivity index (χ0v) is 10.7. The van der Waals surface area contributed by atoms with Crippen LogP contribution in [0.5, 0.6) is 5.75 Å². The van der Waals surface area contributed by atoms with E-state index in [0.29, 0.717) is 17.9 Å². The third-order valence-electron chi connectivity index (χ3n) is 2.43. The number of benzene rings is 1. The molecular formula is C12H13FN2O2S. The van der Waals surface area contributed by atoms with Gasteiger partial charge in [0.15, 0.2) is 0 Å². The zero-order chi connectivity index (χ0) is 13.0. The Kier molecular flexibility index (Phi) is 4.19. The van der Waals surface area contributed by atoms with Crippen molar-refractivity contribution < 1.29 is 13.4 Å². The van der Waals surface area contributed by atoms with Crippen LogP contribution >= 0.6 is 12.1 Å². The van der Waals surface area contributed by atoms with E-state index in [1.807, 2.05) is 6.07 Å². The van der Waals surface area contributed by atoms with Crippen molar-refractivity contribution in [3.8, 4) is 5.75 Å². The van der Waals surface area contributed by atoms with Gasteiger partial charge >= 0.3 is 0 Å². The highest BCUT2D eigenvalue weighted by molar-refractivity contribution is 7.94. The van der Waals surface area contributed by atoms with Crippen LogP contribution in [0.15, 0.2) is 29.4 Å². The van der Waals surface area contributed by atoms with Gasteiger partial charge in [-0.1, -0.05) is 12.1 Å². The van der Waals surface area contributed by atoms with Gasteiger partial charge in [-0.2, -0.15) is 14.0 Å². The predicted molar refractivity (Wildman–Crippen MR) is 70.7 cm³/mol. The molecule has 18 heavy (non-hydrogen) atoms. The van der Waals surface area contributed by atoms with E-state index >= 15 is 0 Å². The van der Waals surface area contributed by atoms with E-state index < -0.39 is 0 Å². The normalized spacial score (nSPS) is 14.9. The summed E-state index contributed by atoms with van der Waals surface area (Å²) in [6, 6.07) is 7.12. The quantitative estimate of drug-likeness (QED) is 0.771. The van der Waals surface area contributed by atoms with Crippen LogP contribution in [0.2, 0.25) is 0 Å². The number of para-hydroxylation sites is 2. The molecule has 6 heteroatoms. The van der Waals surface area contributed by atoms with Crippen LogP contribution < -0.4 is 9.75 Å². The highest BCUT2D eigenvalue weighted by Crippen LogP contribution is 2.31. The third-order valence-corrected chi connectivity index (χ3v) is 2.75. The van der Waals surface area contributed by atoms with Crippen molar-refractivity contribution in [1.29, 1.82) is 0 Å². The van der Waals surface area contributed by atoms with Crippen molar-refractivity contribution in [2.24, 2.45) is 5.10 Å². The number of nitrogens with zero attached hydrogens (tertiary/aromatic N) is 2. The summed E-state index contributed by atoms with van der Waals surface area (Å²) in [6.45, 7) is 2.06. The SMILES string of the molecule is CC1=NN(c2ccccc2OCCSF)C(=O)C1. The minimum absolute atomic E-state index is 0.0802. The first-order valence-corrected chi connectivity index (χ1v) is 6.43. The van der Waals surface area contributed by atoms with Crippen LogP contribution in [0.3, 0.4) is 0 Å².